The maximum absolute atomic E-state index is 11.5. The number of hydrogen-bond acceptors (Lipinski definition) is 1. The second-order valence-corrected chi connectivity index (χ2v) is 7.17. The highest BCUT2D eigenvalue weighted by Gasteiger charge is 2.61. The van der Waals surface area contributed by atoms with Gasteiger partial charge in [-0.2, -0.15) is 0 Å². The summed E-state index contributed by atoms with van der Waals surface area (Å²) in [7, 11) is 0. The second-order valence-electron chi connectivity index (χ2n) is 7.17. The number of aliphatic carboxylic acids is 1. The van der Waals surface area contributed by atoms with E-state index in [0.29, 0.717) is 5.92 Å². The molecule has 2 heteroatoms. The first kappa shape index (κ1) is 12.3. The number of hydrogen-bond donors (Lipinski definition) is 1. The van der Waals surface area contributed by atoms with Crippen LogP contribution < -0.4 is 0 Å². The molecule has 18 heavy (non-hydrogen) atoms. The fraction of sp³-hybridized carbons (Fsp3) is 0.812. The third-order valence-electron chi connectivity index (χ3n) is 6.63. The summed E-state index contributed by atoms with van der Waals surface area (Å²) in [5, 5.41) is 9.44. The van der Waals surface area contributed by atoms with Gasteiger partial charge in [0, 0.05) is 11.0 Å². The van der Waals surface area contributed by atoms with Crippen molar-refractivity contribution in [2.45, 2.75) is 59.3 Å². The van der Waals surface area contributed by atoms with Crippen molar-refractivity contribution in [2.24, 2.45) is 22.7 Å². The second kappa shape index (κ2) is 3.61. The molecule has 3 atom stereocenters. The van der Waals surface area contributed by atoms with Gasteiger partial charge in [0.1, 0.15) is 0 Å². The molecule has 0 aliphatic heterocycles. The molecule has 100 valence electrons. The van der Waals surface area contributed by atoms with Crippen molar-refractivity contribution in [3.8, 4) is 0 Å². The lowest BCUT2D eigenvalue weighted by Gasteiger charge is -2.61. The number of fused-ring (bicyclic) bond motifs is 1. The normalized spacial score (nSPS) is 41.7. The molecular formula is C16H24O2. The van der Waals surface area contributed by atoms with Gasteiger partial charge in [0.15, 0.2) is 0 Å². The quantitative estimate of drug-likeness (QED) is 0.761. The van der Waals surface area contributed by atoms with Gasteiger partial charge >= 0.3 is 5.97 Å². The van der Waals surface area contributed by atoms with Gasteiger partial charge in [0.2, 0.25) is 0 Å². The molecule has 0 amide bonds. The summed E-state index contributed by atoms with van der Waals surface area (Å²) in [6, 6.07) is 0. The van der Waals surface area contributed by atoms with Crippen LogP contribution in [0.5, 0.6) is 0 Å². The fourth-order valence-electron chi connectivity index (χ4n) is 5.64. The molecule has 3 rings (SSSR count). The van der Waals surface area contributed by atoms with Gasteiger partial charge in [-0.3, -0.25) is 0 Å². The SMILES string of the molecule is CC1CCC2CCC3=C(C(=O)O)CCC31C2(C)C. The molecule has 3 aliphatic rings. The summed E-state index contributed by atoms with van der Waals surface area (Å²) in [6.07, 6.45) is 6.74. The molecule has 0 aromatic heterocycles. The monoisotopic (exact) mass is 248 g/mol. The van der Waals surface area contributed by atoms with Crippen LogP contribution in [-0.4, -0.2) is 11.1 Å². The summed E-state index contributed by atoms with van der Waals surface area (Å²) >= 11 is 0. The van der Waals surface area contributed by atoms with Gasteiger partial charge < -0.3 is 5.11 Å². The topological polar surface area (TPSA) is 37.3 Å². The molecule has 1 N–H and O–H groups in total. The van der Waals surface area contributed by atoms with E-state index in [4.69, 9.17) is 0 Å². The molecule has 2 fully saturated rings. The Morgan fingerprint density at radius 3 is 2.61 bits per heavy atom. The van der Waals surface area contributed by atoms with Crippen molar-refractivity contribution < 1.29 is 9.90 Å². The summed E-state index contributed by atoms with van der Waals surface area (Å²) in [4.78, 5) is 11.5. The number of carboxylic acids is 1. The Balaban J connectivity index is 2.18. The first-order valence-corrected chi connectivity index (χ1v) is 7.37. The minimum absolute atomic E-state index is 0.196. The maximum Gasteiger partial charge on any atom is 0.331 e. The number of allylic oxidation sites excluding steroid dienone is 1. The van der Waals surface area contributed by atoms with Crippen LogP contribution in [0.2, 0.25) is 0 Å². The van der Waals surface area contributed by atoms with E-state index in [1.807, 2.05) is 0 Å². The Hall–Kier alpha value is -0.790. The van der Waals surface area contributed by atoms with Crippen molar-refractivity contribution >= 4 is 5.97 Å². The molecule has 2 saturated carbocycles. The van der Waals surface area contributed by atoms with Gasteiger partial charge in [-0.25, -0.2) is 4.79 Å². The van der Waals surface area contributed by atoms with Gasteiger partial charge in [-0.15, -0.1) is 0 Å². The molecule has 2 bridgehead atoms. The van der Waals surface area contributed by atoms with Crippen LogP contribution in [0.15, 0.2) is 11.1 Å². The van der Waals surface area contributed by atoms with E-state index in [0.717, 1.165) is 30.8 Å². The van der Waals surface area contributed by atoms with Gasteiger partial charge in [0.05, 0.1) is 0 Å². The molecule has 0 saturated heterocycles. The van der Waals surface area contributed by atoms with E-state index < -0.39 is 5.97 Å². The fourth-order valence-corrected chi connectivity index (χ4v) is 5.64. The maximum atomic E-state index is 11.5. The highest BCUT2D eigenvalue weighted by molar-refractivity contribution is 5.88. The highest BCUT2D eigenvalue weighted by atomic mass is 16.4. The molecule has 2 nitrogen and oxygen atoms in total. The zero-order valence-corrected chi connectivity index (χ0v) is 11.8. The standard InChI is InChI=1S/C16H24O2/c1-10-4-5-11-6-7-13-12(14(17)18)8-9-16(10,13)15(11,2)3/h10-11H,4-9H2,1-3H3,(H,17,18). The van der Waals surface area contributed by atoms with Crippen LogP contribution in [0.4, 0.5) is 0 Å². The van der Waals surface area contributed by atoms with Gasteiger partial charge in [0.25, 0.3) is 0 Å². The van der Waals surface area contributed by atoms with Crippen molar-refractivity contribution in [1.29, 1.82) is 0 Å². The van der Waals surface area contributed by atoms with Crippen molar-refractivity contribution in [2.75, 3.05) is 0 Å². The van der Waals surface area contributed by atoms with E-state index in [1.54, 1.807) is 0 Å². The van der Waals surface area contributed by atoms with Gasteiger partial charge in [-0.05, 0) is 55.8 Å². The molecule has 0 heterocycles. The Bertz CT molecular complexity index is 432. The lowest BCUT2D eigenvalue weighted by Crippen LogP contribution is -2.53. The average molecular weight is 248 g/mol. The number of carbonyl (C=O) groups is 1. The Labute approximate surface area is 109 Å². The largest absolute Gasteiger partial charge is 0.478 e. The predicted octanol–water partition coefficient (Wildman–Crippen LogP) is 4.01. The minimum atomic E-state index is -0.658. The van der Waals surface area contributed by atoms with Gasteiger partial charge in [-0.1, -0.05) is 26.3 Å². The van der Waals surface area contributed by atoms with Crippen LogP contribution in [0.25, 0.3) is 0 Å². The molecule has 0 aromatic carbocycles. The van der Waals surface area contributed by atoms with E-state index in [-0.39, 0.29) is 10.8 Å². The Kier molecular flexibility index (Phi) is 2.46. The smallest absolute Gasteiger partial charge is 0.331 e. The summed E-state index contributed by atoms with van der Waals surface area (Å²) < 4.78 is 0. The van der Waals surface area contributed by atoms with E-state index in [2.05, 4.69) is 20.8 Å². The van der Waals surface area contributed by atoms with Crippen LogP contribution >= 0.6 is 0 Å². The lowest BCUT2D eigenvalue weighted by atomic mass is 9.43. The van der Waals surface area contributed by atoms with Crippen molar-refractivity contribution in [3.63, 3.8) is 0 Å². The summed E-state index contributed by atoms with van der Waals surface area (Å²) in [5.41, 5.74) is 2.57. The molecular weight excluding hydrogens is 224 g/mol. The third-order valence-corrected chi connectivity index (χ3v) is 6.63. The van der Waals surface area contributed by atoms with E-state index >= 15 is 0 Å². The Morgan fingerprint density at radius 1 is 1.22 bits per heavy atom. The highest BCUT2D eigenvalue weighted by Crippen LogP contribution is 2.69. The first-order valence-electron chi connectivity index (χ1n) is 7.37. The van der Waals surface area contributed by atoms with Crippen LogP contribution in [0, 0.1) is 22.7 Å². The predicted molar refractivity (Wildman–Crippen MR) is 71.2 cm³/mol. The molecule has 1 spiro atoms. The summed E-state index contributed by atoms with van der Waals surface area (Å²) in [6.45, 7) is 7.16. The first-order chi connectivity index (χ1) is 8.41. The zero-order valence-electron chi connectivity index (χ0n) is 11.8. The lowest BCUT2D eigenvalue weighted by molar-refractivity contribution is -0.132. The Morgan fingerprint density at radius 2 is 1.94 bits per heavy atom. The number of rotatable bonds is 1. The van der Waals surface area contributed by atoms with E-state index in [9.17, 15) is 9.90 Å². The van der Waals surface area contributed by atoms with Crippen LogP contribution in [0.3, 0.4) is 0 Å². The molecule has 0 aromatic rings. The molecule has 3 aliphatic carbocycles. The van der Waals surface area contributed by atoms with E-state index in [1.165, 1.54) is 24.8 Å². The minimum Gasteiger partial charge on any atom is -0.478 e. The summed E-state index contributed by atoms with van der Waals surface area (Å²) in [5.74, 6) is 0.787. The average Bonchev–Trinajstić information content (AvgIpc) is 2.65. The van der Waals surface area contributed by atoms with Crippen molar-refractivity contribution in [3.05, 3.63) is 11.1 Å². The van der Waals surface area contributed by atoms with Crippen LogP contribution in [0.1, 0.15) is 59.3 Å². The zero-order chi connectivity index (χ0) is 13.1. The third kappa shape index (κ3) is 1.22. The van der Waals surface area contributed by atoms with Crippen LogP contribution in [-0.2, 0) is 4.79 Å². The molecule has 0 radical (unpaired) electrons. The van der Waals surface area contributed by atoms with Crippen molar-refractivity contribution in [1.82, 2.24) is 0 Å². The molecule has 3 unspecified atom stereocenters. The number of carboxylic acid groups (broad SMARTS) is 1.